The van der Waals surface area contributed by atoms with Gasteiger partial charge < -0.3 is 10.1 Å². The van der Waals surface area contributed by atoms with E-state index in [1.807, 2.05) is 0 Å². The third-order valence-electron chi connectivity index (χ3n) is 4.10. The molecule has 0 spiro atoms. The van der Waals surface area contributed by atoms with Crippen LogP contribution in [0.5, 0.6) is 0 Å². The summed E-state index contributed by atoms with van der Waals surface area (Å²) in [5.74, 6) is 0. The Bertz CT molecular complexity index is 232. The van der Waals surface area contributed by atoms with Gasteiger partial charge in [0.05, 0.1) is 0 Å². The molecule has 1 rings (SSSR count). The molecule has 0 atom stereocenters. The number of hydrogen-bond donors (Lipinski definition) is 1. The van der Waals surface area contributed by atoms with Crippen LogP contribution in [-0.2, 0) is 4.74 Å². The van der Waals surface area contributed by atoms with Crippen LogP contribution in [0.25, 0.3) is 0 Å². The highest BCUT2D eigenvalue weighted by molar-refractivity contribution is 4.92. The normalized spacial score (nSPS) is 22.6. The number of rotatable bonds is 8. The fraction of sp³-hybridized carbons (Fsp3) is 1.00. The van der Waals surface area contributed by atoms with E-state index in [2.05, 4.69) is 39.9 Å². The van der Waals surface area contributed by atoms with Crippen LogP contribution in [0, 0.1) is 10.8 Å². The van der Waals surface area contributed by atoms with Crippen molar-refractivity contribution in [3.8, 4) is 0 Å². The monoisotopic (exact) mass is 269 g/mol. The summed E-state index contributed by atoms with van der Waals surface area (Å²) >= 11 is 0. The zero-order valence-electron chi connectivity index (χ0n) is 13.8. The summed E-state index contributed by atoms with van der Waals surface area (Å²) in [5.41, 5.74) is 0.966. The lowest BCUT2D eigenvalue weighted by Crippen LogP contribution is -2.44. The summed E-state index contributed by atoms with van der Waals surface area (Å²) in [7, 11) is 0. The van der Waals surface area contributed by atoms with Crippen LogP contribution in [0.4, 0.5) is 0 Å². The lowest BCUT2D eigenvalue weighted by molar-refractivity contribution is 0.0822. The van der Waals surface area contributed by atoms with Crippen molar-refractivity contribution in [2.45, 2.75) is 79.2 Å². The van der Waals surface area contributed by atoms with Crippen LogP contribution >= 0.6 is 0 Å². The molecule has 1 saturated carbocycles. The van der Waals surface area contributed by atoms with Crippen LogP contribution in [-0.4, -0.2) is 25.8 Å². The van der Waals surface area contributed by atoms with Gasteiger partial charge in [-0.3, -0.25) is 0 Å². The molecular weight excluding hydrogens is 234 g/mol. The first-order chi connectivity index (χ1) is 8.85. The van der Waals surface area contributed by atoms with Crippen LogP contribution in [0.1, 0.15) is 73.1 Å². The molecule has 0 unspecified atom stereocenters. The first-order valence-electron chi connectivity index (χ1n) is 8.16. The summed E-state index contributed by atoms with van der Waals surface area (Å²) in [6.45, 7) is 14.8. The van der Waals surface area contributed by atoms with Crippen LogP contribution < -0.4 is 5.32 Å². The Hall–Kier alpha value is -0.0800. The van der Waals surface area contributed by atoms with Crippen LogP contribution in [0.2, 0.25) is 0 Å². The number of unbranched alkanes of at least 4 members (excludes halogenated alkanes) is 1. The van der Waals surface area contributed by atoms with E-state index in [-0.39, 0.29) is 0 Å². The predicted octanol–water partition coefficient (Wildman–Crippen LogP) is 4.39. The van der Waals surface area contributed by atoms with Gasteiger partial charge in [0, 0.05) is 19.3 Å². The van der Waals surface area contributed by atoms with Gasteiger partial charge in [0.2, 0.25) is 0 Å². The quantitative estimate of drug-likeness (QED) is 0.660. The van der Waals surface area contributed by atoms with Gasteiger partial charge in [-0.15, -0.1) is 0 Å². The molecule has 0 aromatic rings. The summed E-state index contributed by atoms with van der Waals surface area (Å²) < 4.78 is 5.61. The van der Waals surface area contributed by atoms with Crippen molar-refractivity contribution in [2.24, 2.45) is 10.8 Å². The average Bonchev–Trinajstić information content (AvgIpc) is 2.23. The van der Waals surface area contributed by atoms with Gasteiger partial charge in [-0.1, -0.05) is 41.0 Å². The van der Waals surface area contributed by atoms with E-state index in [0.717, 1.165) is 26.2 Å². The van der Waals surface area contributed by atoms with Gasteiger partial charge in [0.15, 0.2) is 0 Å². The lowest BCUT2D eigenvalue weighted by atomic mass is 9.63. The first-order valence-corrected chi connectivity index (χ1v) is 8.16. The van der Waals surface area contributed by atoms with Gasteiger partial charge in [-0.05, 0) is 49.5 Å². The molecule has 0 radical (unpaired) electrons. The van der Waals surface area contributed by atoms with E-state index >= 15 is 0 Å². The second kappa shape index (κ2) is 7.64. The highest BCUT2D eigenvalue weighted by Gasteiger charge is 2.37. The maximum Gasteiger partial charge on any atom is 0.0478 e. The molecule has 19 heavy (non-hydrogen) atoms. The zero-order chi connectivity index (χ0) is 14.4. The van der Waals surface area contributed by atoms with Gasteiger partial charge in [0.1, 0.15) is 0 Å². The minimum atomic E-state index is 0.483. The predicted molar refractivity (Wildman–Crippen MR) is 83.5 cm³/mol. The Morgan fingerprint density at radius 1 is 1.00 bits per heavy atom. The van der Waals surface area contributed by atoms with Crippen molar-refractivity contribution in [3.63, 3.8) is 0 Å². The van der Waals surface area contributed by atoms with Crippen molar-refractivity contribution in [1.82, 2.24) is 5.32 Å². The topological polar surface area (TPSA) is 21.3 Å². The Morgan fingerprint density at radius 2 is 1.58 bits per heavy atom. The summed E-state index contributed by atoms with van der Waals surface area (Å²) in [6.07, 6.45) is 7.53. The summed E-state index contributed by atoms with van der Waals surface area (Å²) in [4.78, 5) is 0. The van der Waals surface area contributed by atoms with Gasteiger partial charge >= 0.3 is 0 Å². The molecular formula is C17H35NO. The Kier molecular flexibility index (Phi) is 6.82. The minimum absolute atomic E-state index is 0.483. The molecule has 0 heterocycles. The molecule has 1 aliphatic carbocycles. The fourth-order valence-corrected chi connectivity index (χ4v) is 3.82. The molecule has 1 fully saturated rings. The molecule has 0 saturated heterocycles. The van der Waals surface area contributed by atoms with E-state index in [9.17, 15) is 0 Å². The van der Waals surface area contributed by atoms with E-state index in [0.29, 0.717) is 16.9 Å². The highest BCUT2D eigenvalue weighted by atomic mass is 16.5. The SMILES string of the molecule is CCCCOCCCNC1CC(C)(C)CC(C)(C)C1. The fourth-order valence-electron chi connectivity index (χ4n) is 3.82. The third-order valence-corrected chi connectivity index (χ3v) is 4.10. The Labute approximate surface area is 120 Å². The Morgan fingerprint density at radius 3 is 2.16 bits per heavy atom. The van der Waals surface area contributed by atoms with Crippen molar-refractivity contribution in [2.75, 3.05) is 19.8 Å². The molecule has 2 heteroatoms. The van der Waals surface area contributed by atoms with Crippen molar-refractivity contribution in [1.29, 1.82) is 0 Å². The van der Waals surface area contributed by atoms with E-state index < -0.39 is 0 Å². The van der Waals surface area contributed by atoms with Crippen molar-refractivity contribution < 1.29 is 4.74 Å². The van der Waals surface area contributed by atoms with E-state index in [4.69, 9.17) is 4.74 Å². The minimum Gasteiger partial charge on any atom is -0.381 e. The second-order valence-corrected chi connectivity index (χ2v) is 7.88. The highest BCUT2D eigenvalue weighted by Crippen LogP contribution is 2.45. The molecule has 0 aromatic heterocycles. The first kappa shape index (κ1) is 17.0. The molecule has 0 bridgehead atoms. The van der Waals surface area contributed by atoms with Crippen LogP contribution in [0.3, 0.4) is 0 Å². The molecule has 0 amide bonds. The standard InChI is InChI=1S/C17H35NO/c1-6-7-10-19-11-8-9-18-15-12-16(2,3)14-17(4,5)13-15/h15,18H,6-14H2,1-5H3. The van der Waals surface area contributed by atoms with Gasteiger partial charge in [-0.2, -0.15) is 0 Å². The molecule has 114 valence electrons. The van der Waals surface area contributed by atoms with Crippen molar-refractivity contribution >= 4 is 0 Å². The lowest BCUT2D eigenvalue weighted by Gasteiger charge is -2.45. The Balaban J connectivity index is 2.15. The van der Waals surface area contributed by atoms with Gasteiger partial charge in [-0.25, -0.2) is 0 Å². The molecule has 1 N–H and O–H groups in total. The molecule has 0 aliphatic heterocycles. The summed E-state index contributed by atoms with van der Waals surface area (Å²) in [6, 6.07) is 0.689. The molecule has 2 nitrogen and oxygen atoms in total. The maximum absolute atomic E-state index is 5.61. The number of hydrogen-bond acceptors (Lipinski definition) is 2. The summed E-state index contributed by atoms with van der Waals surface area (Å²) in [5, 5.41) is 3.74. The van der Waals surface area contributed by atoms with Gasteiger partial charge in [0.25, 0.3) is 0 Å². The van der Waals surface area contributed by atoms with Crippen LogP contribution in [0.15, 0.2) is 0 Å². The number of ether oxygens (including phenoxy) is 1. The molecule has 1 aliphatic rings. The van der Waals surface area contributed by atoms with E-state index in [1.54, 1.807) is 0 Å². The maximum atomic E-state index is 5.61. The smallest absolute Gasteiger partial charge is 0.0478 e. The second-order valence-electron chi connectivity index (χ2n) is 7.88. The van der Waals surface area contributed by atoms with E-state index in [1.165, 1.54) is 32.1 Å². The zero-order valence-corrected chi connectivity index (χ0v) is 13.8. The average molecular weight is 269 g/mol. The largest absolute Gasteiger partial charge is 0.381 e. The molecule has 0 aromatic carbocycles. The van der Waals surface area contributed by atoms with Crippen molar-refractivity contribution in [3.05, 3.63) is 0 Å². The number of nitrogens with one attached hydrogen (secondary N) is 1. The third kappa shape index (κ3) is 7.31.